The lowest BCUT2D eigenvalue weighted by Crippen LogP contribution is -2.41. The molecule has 122 valence electrons. The molecule has 1 aliphatic rings. The number of amides is 2. The Kier molecular flexibility index (Phi) is 4.92. The van der Waals surface area contributed by atoms with E-state index in [4.69, 9.17) is 9.15 Å². The van der Waals surface area contributed by atoms with Crippen molar-refractivity contribution in [1.82, 2.24) is 10.6 Å². The summed E-state index contributed by atoms with van der Waals surface area (Å²) in [5, 5.41) is 5.71. The van der Waals surface area contributed by atoms with Gasteiger partial charge in [-0.15, -0.1) is 0 Å². The summed E-state index contributed by atoms with van der Waals surface area (Å²) < 4.78 is 23.8. The van der Waals surface area contributed by atoms with E-state index in [-0.39, 0.29) is 24.0 Å². The molecular formula is C17H19FN2O3. The molecule has 2 atom stereocenters. The molecule has 1 saturated heterocycles. The van der Waals surface area contributed by atoms with Gasteiger partial charge in [-0.25, -0.2) is 9.18 Å². The average molecular weight is 318 g/mol. The average Bonchev–Trinajstić information content (AvgIpc) is 3.25. The minimum absolute atomic E-state index is 0.0971. The predicted molar refractivity (Wildman–Crippen MR) is 82.2 cm³/mol. The van der Waals surface area contributed by atoms with E-state index >= 15 is 0 Å². The first kappa shape index (κ1) is 15.6. The number of rotatable bonds is 5. The molecule has 2 heterocycles. The fourth-order valence-electron chi connectivity index (χ4n) is 2.69. The van der Waals surface area contributed by atoms with Gasteiger partial charge in [0.05, 0.1) is 24.7 Å². The largest absolute Gasteiger partial charge is 0.472 e. The Bertz CT molecular complexity index is 622. The topological polar surface area (TPSA) is 63.5 Å². The van der Waals surface area contributed by atoms with Crippen LogP contribution in [-0.2, 0) is 11.3 Å². The molecule has 2 N–H and O–H groups in total. The fourth-order valence-corrected chi connectivity index (χ4v) is 2.69. The Labute approximate surface area is 133 Å². The Morgan fingerprint density at radius 3 is 2.78 bits per heavy atom. The van der Waals surface area contributed by atoms with Crippen LogP contribution >= 0.6 is 0 Å². The quantitative estimate of drug-likeness (QED) is 0.890. The van der Waals surface area contributed by atoms with Gasteiger partial charge >= 0.3 is 6.03 Å². The number of nitrogens with one attached hydrogen (secondary N) is 2. The zero-order valence-electron chi connectivity index (χ0n) is 12.6. The van der Waals surface area contributed by atoms with Gasteiger partial charge in [-0.1, -0.05) is 12.1 Å². The molecule has 2 unspecified atom stereocenters. The predicted octanol–water partition coefficient (Wildman–Crippen LogP) is 3.14. The maximum absolute atomic E-state index is 13.1. The molecule has 2 amide bonds. The summed E-state index contributed by atoms with van der Waals surface area (Å²) in [4.78, 5) is 12.2. The van der Waals surface area contributed by atoms with Gasteiger partial charge in [-0.05, 0) is 36.6 Å². The van der Waals surface area contributed by atoms with E-state index in [1.54, 1.807) is 30.7 Å². The van der Waals surface area contributed by atoms with Crippen LogP contribution in [0.3, 0.4) is 0 Å². The number of halogens is 1. The zero-order chi connectivity index (χ0) is 16.1. The van der Waals surface area contributed by atoms with Crippen LogP contribution in [0, 0.1) is 5.82 Å². The fraction of sp³-hybridized carbons (Fsp3) is 0.353. The van der Waals surface area contributed by atoms with Gasteiger partial charge in [0.25, 0.3) is 0 Å². The second-order valence-corrected chi connectivity index (χ2v) is 5.54. The van der Waals surface area contributed by atoms with Crippen LogP contribution in [-0.4, -0.2) is 18.7 Å². The first-order chi connectivity index (χ1) is 11.2. The van der Waals surface area contributed by atoms with Gasteiger partial charge < -0.3 is 19.8 Å². The van der Waals surface area contributed by atoms with E-state index < -0.39 is 0 Å². The molecule has 1 fully saturated rings. The number of hydrogen-bond donors (Lipinski definition) is 2. The van der Waals surface area contributed by atoms with E-state index in [1.165, 1.54) is 12.1 Å². The van der Waals surface area contributed by atoms with E-state index in [0.29, 0.717) is 13.2 Å². The summed E-state index contributed by atoms with van der Waals surface area (Å²) in [6, 6.07) is 7.33. The van der Waals surface area contributed by atoms with Crippen LogP contribution < -0.4 is 10.6 Å². The molecule has 1 aromatic heterocycles. The maximum atomic E-state index is 13.1. The van der Waals surface area contributed by atoms with Crippen molar-refractivity contribution in [1.29, 1.82) is 0 Å². The number of urea groups is 1. The van der Waals surface area contributed by atoms with Crippen molar-refractivity contribution in [2.75, 3.05) is 6.61 Å². The highest BCUT2D eigenvalue weighted by molar-refractivity contribution is 5.74. The zero-order valence-corrected chi connectivity index (χ0v) is 12.6. The SMILES string of the molecule is O=C(NCc1ccoc1)NC(c1ccc(F)cc1)C1CCCO1. The Morgan fingerprint density at radius 1 is 1.30 bits per heavy atom. The number of carbonyl (C=O) groups is 1. The van der Waals surface area contributed by atoms with Crippen LogP contribution in [0.15, 0.2) is 47.3 Å². The van der Waals surface area contributed by atoms with Crippen LogP contribution in [0.2, 0.25) is 0 Å². The second-order valence-electron chi connectivity index (χ2n) is 5.54. The van der Waals surface area contributed by atoms with Gasteiger partial charge in [-0.3, -0.25) is 0 Å². The van der Waals surface area contributed by atoms with E-state index in [0.717, 1.165) is 24.0 Å². The maximum Gasteiger partial charge on any atom is 0.315 e. The highest BCUT2D eigenvalue weighted by Gasteiger charge is 2.28. The van der Waals surface area contributed by atoms with Crippen LogP contribution in [0.5, 0.6) is 0 Å². The molecule has 5 nitrogen and oxygen atoms in total. The third-order valence-corrected chi connectivity index (χ3v) is 3.89. The molecule has 3 rings (SSSR count). The van der Waals surface area contributed by atoms with Gasteiger partial charge in [-0.2, -0.15) is 0 Å². The summed E-state index contributed by atoms with van der Waals surface area (Å²) >= 11 is 0. The minimum Gasteiger partial charge on any atom is -0.472 e. The van der Waals surface area contributed by atoms with Gasteiger partial charge in [0.15, 0.2) is 0 Å². The van der Waals surface area contributed by atoms with Crippen molar-refractivity contribution in [3.8, 4) is 0 Å². The van der Waals surface area contributed by atoms with Crippen LogP contribution in [0.1, 0.15) is 30.0 Å². The van der Waals surface area contributed by atoms with E-state index in [9.17, 15) is 9.18 Å². The van der Waals surface area contributed by atoms with Crippen molar-refractivity contribution < 1.29 is 18.3 Å². The molecular weight excluding hydrogens is 299 g/mol. The third kappa shape index (κ3) is 4.10. The lowest BCUT2D eigenvalue weighted by molar-refractivity contribution is 0.0807. The van der Waals surface area contributed by atoms with E-state index in [2.05, 4.69) is 10.6 Å². The highest BCUT2D eigenvalue weighted by atomic mass is 19.1. The van der Waals surface area contributed by atoms with Gasteiger partial charge in [0.2, 0.25) is 0 Å². The van der Waals surface area contributed by atoms with Crippen molar-refractivity contribution in [2.45, 2.75) is 31.5 Å². The summed E-state index contributed by atoms with van der Waals surface area (Å²) in [5.74, 6) is -0.302. The number of carbonyl (C=O) groups excluding carboxylic acids is 1. The standard InChI is InChI=1S/C17H19FN2O3/c18-14-5-3-13(4-6-14)16(15-2-1-8-23-15)20-17(21)19-10-12-7-9-22-11-12/h3-7,9,11,15-16H,1-2,8,10H2,(H2,19,20,21). The molecule has 23 heavy (non-hydrogen) atoms. The Morgan fingerprint density at radius 2 is 2.13 bits per heavy atom. The molecule has 0 radical (unpaired) electrons. The molecule has 1 aliphatic heterocycles. The summed E-state index contributed by atoms with van der Waals surface area (Å²) in [6.45, 7) is 1.06. The summed E-state index contributed by atoms with van der Waals surface area (Å²) in [6.07, 6.45) is 4.87. The number of ether oxygens (including phenoxy) is 1. The molecule has 2 aromatic rings. The summed E-state index contributed by atoms with van der Waals surface area (Å²) in [7, 11) is 0. The Balaban J connectivity index is 1.65. The van der Waals surface area contributed by atoms with Crippen LogP contribution in [0.4, 0.5) is 9.18 Å². The first-order valence-electron chi connectivity index (χ1n) is 7.65. The lowest BCUT2D eigenvalue weighted by Gasteiger charge is -2.25. The Hall–Kier alpha value is -2.34. The van der Waals surface area contributed by atoms with Gasteiger partial charge in [0, 0.05) is 18.7 Å². The monoisotopic (exact) mass is 318 g/mol. The van der Waals surface area contributed by atoms with E-state index in [1.807, 2.05) is 0 Å². The van der Waals surface area contributed by atoms with Crippen molar-refractivity contribution in [3.63, 3.8) is 0 Å². The molecule has 6 heteroatoms. The first-order valence-corrected chi connectivity index (χ1v) is 7.65. The smallest absolute Gasteiger partial charge is 0.315 e. The van der Waals surface area contributed by atoms with Crippen molar-refractivity contribution in [3.05, 3.63) is 59.8 Å². The number of hydrogen-bond acceptors (Lipinski definition) is 3. The van der Waals surface area contributed by atoms with Crippen LogP contribution in [0.25, 0.3) is 0 Å². The van der Waals surface area contributed by atoms with Crippen molar-refractivity contribution >= 4 is 6.03 Å². The molecule has 0 saturated carbocycles. The lowest BCUT2D eigenvalue weighted by atomic mass is 9.99. The number of benzene rings is 1. The van der Waals surface area contributed by atoms with Crippen molar-refractivity contribution in [2.24, 2.45) is 0 Å². The molecule has 0 bridgehead atoms. The highest BCUT2D eigenvalue weighted by Crippen LogP contribution is 2.27. The normalized spacial score (nSPS) is 18.6. The number of furan rings is 1. The molecule has 1 aromatic carbocycles. The second kappa shape index (κ2) is 7.28. The third-order valence-electron chi connectivity index (χ3n) is 3.89. The minimum atomic E-state index is -0.303. The molecule has 0 spiro atoms. The molecule has 0 aliphatic carbocycles. The van der Waals surface area contributed by atoms with Gasteiger partial charge in [0.1, 0.15) is 5.82 Å². The summed E-state index contributed by atoms with van der Waals surface area (Å²) in [5.41, 5.74) is 1.72.